The van der Waals surface area contributed by atoms with Crippen LogP contribution in [0.15, 0.2) is 12.1 Å². The molecule has 3 rings (SSSR count). The first-order valence-corrected chi connectivity index (χ1v) is 7.86. The Morgan fingerprint density at radius 3 is 2.32 bits per heavy atom. The quantitative estimate of drug-likeness (QED) is 0.450. The number of aliphatic hydroxyl groups is 3. The molecule has 1 aromatic carbocycles. The van der Waals surface area contributed by atoms with E-state index < -0.39 is 11.5 Å². The largest absolute Gasteiger partial charge is 0.478 e. The Hall–Kier alpha value is -1.48. The van der Waals surface area contributed by atoms with Gasteiger partial charge in [-0.3, -0.25) is 9.69 Å². The number of hydrogen-bond acceptors (Lipinski definition) is 7. The number of piperidine rings is 1. The molecule has 2 aliphatic rings. The van der Waals surface area contributed by atoms with Gasteiger partial charge in [0.25, 0.3) is 5.87 Å². The molecule has 25 heavy (non-hydrogen) atoms. The number of ether oxygens (including phenoxy) is 2. The molecule has 0 amide bonds. The van der Waals surface area contributed by atoms with Gasteiger partial charge in [0.15, 0.2) is 27.2 Å². The van der Waals surface area contributed by atoms with Crippen molar-refractivity contribution in [1.82, 2.24) is 4.90 Å². The summed E-state index contributed by atoms with van der Waals surface area (Å²) in [6, 6.07) is 2.91. The minimum absolute atomic E-state index is 0.121. The van der Waals surface area contributed by atoms with Crippen molar-refractivity contribution in [3.63, 3.8) is 0 Å². The van der Waals surface area contributed by atoms with Crippen LogP contribution in [-0.4, -0.2) is 74.1 Å². The maximum atomic E-state index is 11.9. The van der Waals surface area contributed by atoms with Gasteiger partial charge >= 0.3 is 0 Å². The lowest BCUT2D eigenvalue weighted by Gasteiger charge is -2.40. The van der Waals surface area contributed by atoms with E-state index in [1.54, 1.807) is 0 Å². The summed E-state index contributed by atoms with van der Waals surface area (Å²) in [7, 11) is 15.6. The summed E-state index contributed by atoms with van der Waals surface area (Å²) >= 11 is 0. The predicted molar refractivity (Wildman–Crippen MR) is 89.3 cm³/mol. The molecule has 7 nitrogen and oxygen atoms in total. The lowest BCUT2D eigenvalue weighted by atomic mass is 9.76. The van der Waals surface area contributed by atoms with Gasteiger partial charge in [-0.1, -0.05) is 0 Å². The molecular weight excluding hydrogens is 323 g/mol. The molecular formula is C15H16B3NO6. The molecule has 3 N–H and O–H groups in total. The third-order valence-electron chi connectivity index (χ3n) is 4.31. The number of fused-ring (bicyclic) bond motifs is 3. The van der Waals surface area contributed by atoms with Crippen molar-refractivity contribution in [3.05, 3.63) is 23.3 Å². The van der Waals surface area contributed by atoms with Crippen molar-refractivity contribution in [2.75, 3.05) is 13.1 Å². The molecule has 0 saturated carbocycles. The second-order valence-electron chi connectivity index (χ2n) is 6.41. The molecule has 1 fully saturated rings. The van der Waals surface area contributed by atoms with Gasteiger partial charge in [0.2, 0.25) is 7.85 Å². The lowest BCUT2D eigenvalue weighted by Crippen LogP contribution is -2.42. The molecule has 10 heteroatoms. The van der Waals surface area contributed by atoms with Crippen LogP contribution in [-0.2, 0) is 11.2 Å². The van der Waals surface area contributed by atoms with Crippen LogP contribution in [0, 0.1) is 0 Å². The maximum absolute atomic E-state index is 11.9. The monoisotopic (exact) mass is 339 g/mol. The van der Waals surface area contributed by atoms with E-state index in [9.17, 15) is 20.1 Å². The van der Waals surface area contributed by atoms with Crippen LogP contribution in [0.5, 0.6) is 11.5 Å². The number of Topliss-reactive ketones (excluding diaryl/α,β-unsaturated/α-hetero) is 1. The summed E-state index contributed by atoms with van der Waals surface area (Å²) in [6.07, 6.45) is 1.55. The molecule has 0 aliphatic carbocycles. The van der Waals surface area contributed by atoms with Crippen LogP contribution in [0.2, 0.25) is 0 Å². The number of hydrogen-bond donors (Lipinski definition) is 3. The van der Waals surface area contributed by atoms with Gasteiger partial charge in [0.1, 0.15) is 11.4 Å². The van der Waals surface area contributed by atoms with Gasteiger partial charge in [0.05, 0.1) is 0 Å². The Morgan fingerprint density at radius 2 is 1.68 bits per heavy atom. The zero-order valence-corrected chi connectivity index (χ0v) is 13.5. The smallest absolute Gasteiger partial charge is 0.259 e. The van der Waals surface area contributed by atoms with Gasteiger partial charge in [-0.15, -0.1) is 0 Å². The highest BCUT2D eigenvalue weighted by Gasteiger charge is 2.34. The Balaban J connectivity index is 2.03. The molecule has 1 saturated heterocycles. The molecule has 0 spiro atoms. The van der Waals surface area contributed by atoms with Gasteiger partial charge in [-0.25, -0.2) is 0 Å². The molecule has 1 atom stereocenters. The zero-order chi connectivity index (χ0) is 18.4. The summed E-state index contributed by atoms with van der Waals surface area (Å²) < 4.78 is 9.92. The zero-order valence-electron chi connectivity index (χ0n) is 13.5. The van der Waals surface area contributed by atoms with Crippen molar-refractivity contribution >= 4 is 29.3 Å². The van der Waals surface area contributed by atoms with E-state index >= 15 is 0 Å². The van der Waals surface area contributed by atoms with Crippen molar-refractivity contribution in [1.29, 1.82) is 0 Å². The van der Waals surface area contributed by atoms with E-state index in [1.165, 1.54) is 12.1 Å². The van der Waals surface area contributed by atoms with Crippen molar-refractivity contribution in [2.45, 2.75) is 36.8 Å². The minimum atomic E-state index is -2.95. The SMILES string of the molecule is [B]C([B])(O)Oc1cc2c(cc1OC([B])(O)O)CCN1CCC(=O)CC21. The van der Waals surface area contributed by atoms with Crippen molar-refractivity contribution in [2.24, 2.45) is 0 Å². The predicted octanol–water partition coefficient (Wildman–Crippen LogP) is -1.59. The second-order valence-corrected chi connectivity index (χ2v) is 6.41. The third kappa shape index (κ3) is 4.38. The van der Waals surface area contributed by atoms with Gasteiger partial charge in [0, 0.05) is 32.0 Å². The summed E-state index contributed by atoms with van der Waals surface area (Å²) in [4.78, 5) is 14.0. The van der Waals surface area contributed by atoms with Crippen molar-refractivity contribution in [3.8, 4) is 11.5 Å². The second kappa shape index (κ2) is 6.35. The Bertz CT molecular complexity index is 685. The van der Waals surface area contributed by atoms with Crippen LogP contribution in [0.4, 0.5) is 0 Å². The Morgan fingerprint density at radius 1 is 1.04 bits per heavy atom. The van der Waals surface area contributed by atoms with E-state index in [0.717, 1.165) is 17.7 Å². The van der Waals surface area contributed by atoms with E-state index in [2.05, 4.69) is 4.90 Å². The van der Waals surface area contributed by atoms with Gasteiger partial charge in [-0.2, -0.15) is 0 Å². The first-order chi connectivity index (χ1) is 11.5. The molecule has 1 unspecified atom stereocenters. The van der Waals surface area contributed by atoms with Crippen LogP contribution in [0.1, 0.15) is 30.0 Å². The lowest BCUT2D eigenvalue weighted by molar-refractivity contribution is -0.224. The van der Waals surface area contributed by atoms with Crippen LogP contribution in [0.3, 0.4) is 0 Å². The average molecular weight is 339 g/mol. The standard InChI is InChI=1S/C15H16B3NO6/c16-14(17,21)24-13-7-10-8(5-12(13)25-15(18,22)23)1-3-19-4-2-9(20)6-11(10)19/h5,7,11,21-23H,1-4,6H2. The molecule has 126 valence electrons. The van der Waals surface area contributed by atoms with Crippen LogP contribution < -0.4 is 9.47 Å². The Kier molecular flexibility index (Phi) is 4.66. The van der Waals surface area contributed by atoms with E-state index in [4.69, 9.17) is 33.0 Å². The first kappa shape index (κ1) is 18.3. The third-order valence-corrected chi connectivity index (χ3v) is 4.31. The Labute approximate surface area is 149 Å². The van der Waals surface area contributed by atoms with E-state index in [0.29, 0.717) is 25.8 Å². The topological polar surface area (TPSA) is 99.5 Å². The molecule has 0 aromatic heterocycles. The molecule has 6 radical (unpaired) electrons. The van der Waals surface area contributed by atoms with Crippen LogP contribution >= 0.6 is 0 Å². The van der Waals surface area contributed by atoms with Gasteiger partial charge < -0.3 is 24.8 Å². The fourth-order valence-electron chi connectivity index (χ4n) is 3.35. The fourth-order valence-corrected chi connectivity index (χ4v) is 3.35. The highest BCUT2D eigenvalue weighted by Crippen LogP contribution is 2.42. The molecule has 2 heterocycles. The fraction of sp³-hybridized carbons (Fsp3) is 0.533. The molecule has 1 aromatic rings. The van der Waals surface area contributed by atoms with Crippen molar-refractivity contribution < 1.29 is 29.6 Å². The number of carbonyl (C=O) groups excluding carboxylic acids is 1. The maximum Gasteiger partial charge on any atom is 0.259 e. The summed E-state index contributed by atoms with van der Waals surface area (Å²) in [5.74, 6) is -3.05. The summed E-state index contributed by atoms with van der Waals surface area (Å²) in [5, 5.41) is 28.1. The number of benzene rings is 1. The van der Waals surface area contributed by atoms with Crippen LogP contribution in [0.25, 0.3) is 0 Å². The van der Waals surface area contributed by atoms with E-state index in [1.807, 2.05) is 0 Å². The normalized spacial score (nSPS) is 21.4. The minimum Gasteiger partial charge on any atom is -0.478 e. The number of carbonyl (C=O) groups is 1. The highest BCUT2D eigenvalue weighted by atomic mass is 16.8. The van der Waals surface area contributed by atoms with Gasteiger partial charge in [-0.05, 0) is 29.7 Å². The molecule has 0 bridgehead atoms. The average Bonchev–Trinajstić information content (AvgIpc) is 2.45. The van der Waals surface area contributed by atoms with E-state index in [-0.39, 0.29) is 23.3 Å². The summed E-state index contributed by atoms with van der Waals surface area (Å²) in [5.41, 5.74) is -0.852. The first-order valence-electron chi connectivity index (χ1n) is 7.86. The number of nitrogens with zero attached hydrogens (tertiary/aromatic N) is 1. The number of ketones is 1. The highest BCUT2D eigenvalue weighted by molar-refractivity contribution is 6.37. The molecule has 2 aliphatic heterocycles. The summed E-state index contributed by atoms with van der Waals surface area (Å²) in [6.45, 7) is 1.43. The number of rotatable bonds is 4.